The second kappa shape index (κ2) is 11.6. The van der Waals surface area contributed by atoms with Crippen molar-refractivity contribution in [1.29, 1.82) is 0 Å². The van der Waals surface area contributed by atoms with Gasteiger partial charge in [-0.25, -0.2) is 4.98 Å². The summed E-state index contributed by atoms with van der Waals surface area (Å²) in [7, 11) is 2.15. The van der Waals surface area contributed by atoms with E-state index in [-0.39, 0.29) is 5.56 Å². The Balaban J connectivity index is 1.40. The summed E-state index contributed by atoms with van der Waals surface area (Å²) in [5.41, 5.74) is 11.0. The highest BCUT2D eigenvalue weighted by Crippen LogP contribution is 2.29. The minimum Gasteiger partial charge on any atom is -0.397 e. The number of carbonyl (C=O) groups excluding carboxylic acids is 1. The molecule has 10 heteroatoms. The van der Waals surface area contributed by atoms with Crippen LogP contribution in [0.5, 0.6) is 0 Å². The van der Waals surface area contributed by atoms with Crippen molar-refractivity contribution in [3.05, 3.63) is 89.1 Å². The molecule has 5 N–H and O–H groups in total. The van der Waals surface area contributed by atoms with Crippen molar-refractivity contribution in [3.63, 3.8) is 0 Å². The van der Waals surface area contributed by atoms with Crippen LogP contribution in [0.25, 0.3) is 0 Å². The van der Waals surface area contributed by atoms with E-state index in [4.69, 9.17) is 17.3 Å². The van der Waals surface area contributed by atoms with Crippen LogP contribution in [-0.2, 0) is 0 Å². The van der Waals surface area contributed by atoms with E-state index in [1.165, 1.54) is 11.9 Å². The van der Waals surface area contributed by atoms with E-state index in [0.717, 1.165) is 37.4 Å². The monoisotopic (exact) mass is 542 g/mol. The predicted octanol–water partition coefficient (Wildman–Crippen LogP) is 5.51. The van der Waals surface area contributed by atoms with Crippen LogP contribution in [0.2, 0.25) is 5.02 Å². The van der Waals surface area contributed by atoms with Gasteiger partial charge in [0.1, 0.15) is 11.4 Å². The first-order chi connectivity index (χ1) is 18.9. The summed E-state index contributed by atoms with van der Waals surface area (Å²) in [6.45, 7) is 5.98. The van der Waals surface area contributed by atoms with Crippen LogP contribution in [0.1, 0.15) is 15.9 Å². The molecule has 0 saturated carbocycles. The topological polar surface area (TPSA) is 111 Å². The summed E-state index contributed by atoms with van der Waals surface area (Å²) >= 11 is 6.34. The first kappa shape index (κ1) is 26.3. The molecule has 200 valence electrons. The number of hydrogen-bond donors (Lipinski definition) is 4. The second-order valence-corrected chi connectivity index (χ2v) is 9.92. The molecule has 9 nitrogen and oxygen atoms in total. The van der Waals surface area contributed by atoms with Crippen molar-refractivity contribution in [2.24, 2.45) is 0 Å². The first-order valence-corrected chi connectivity index (χ1v) is 13.1. The van der Waals surface area contributed by atoms with Gasteiger partial charge in [0.25, 0.3) is 5.91 Å². The molecule has 1 aliphatic rings. The van der Waals surface area contributed by atoms with Crippen molar-refractivity contribution in [3.8, 4) is 0 Å². The van der Waals surface area contributed by atoms with Crippen LogP contribution in [0, 0.1) is 6.92 Å². The van der Waals surface area contributed by atoms with Crippen molar-refractivity contribution < 1.29 is 4.79 Å². The highest BCUT2D eigenvalue weighted by molar-refractivity contribution is 6.34. The number of halogens is 1. The Kier molecular flexibility index (Phi) is 7.81. The van der Waals surface area contributed by atoms with Gasteiger partial charge < -0.3 is 31.5 Å². The molecule has 3 aromatic carbocycles. The van der Waals surface area contributed by atoms with Crippen molar-refractivity contribution >= 4 is 57.7 Å². The van der Waals surface area contributed by atoms with Gasteiger partial charge in [-0.1, -0.05) is 35.9 Å². The fourth-order valence-electron chi connectivity index (χ4n) is 4.36. The Labute approximate surface area is 233 Å². The van der Waals surface area contributed by atoms with Gasteiger partial charge >= 0.3 is 0 Å². The number of nitrogens with two attached hydrogens (primary N) is 1. The molecular weight excluding hydrogens is 512 g/mol. The van der Waals surface area contributed by atoms with Gasteiger partial charge in [0.05, 0.1) is 22.1 Å². The zero-order valence-electron chi connectivity index (χ0n) is 21.9. The summed E-state index contributed by atoms with van der Waals surface area (Å²) in [6.07, 6.45) is 1.48. The lowest BCUT2D eigenvalue weighted by Crippen LogP contribution is -2.44. The first-order valence-electron chi connectivity index (χ1n) is 12.7. The Morgan fingerprint density at radius 2 is 1.69 bits per heavy atom. The van der Waals surface area contributed by atoms with E-state index in [2.05, 4.69) is 54.9 Å². The Morgan fingerprint density at radius 1 is 0.949 bits per heavy atom. The molecule has 0 atom stereocenters. The zero-order chi connectivity index (χ0) is 27.4. The van der Waals surface area contributed by atoms with Crippen molar-refractivity contribution in [2.45, 2.75) is 6.92 Å². The lowest BCUT2D eigenvalue weighted by atomic mass is 10.2. The fraction of sp³-hybridized carbons (Fsp3) is 0.207. The highest BCUT2D eigenvalue weighted by Gasteiger charge is 2.19. The van der Waals surface area contributed by atoms with E-state index in [1.54, 1.807) is 12.1 Å². The smallest absolute Gasteiger partial charge is 0.261 e. The highest BCUT2D eigenvalue weighted by atomic mass is 35.5. The fourth-order valence-corrected chi connectivity index (χ4v) is 4.63. The Morgan fingerprint density at radius 3 is 2.41 bits per heavy atom. The molecule has 1 aromatic heterocycles. The van der Waals surface area contributed by atoms with Gasteiger partial charge in [0, 0.05) is 43.8 Å². The molecule has 2 heterocycles. The van der Waals surface area contributed by atoms with Gasteiger partial charge in [-0.2, -0.15) is 4.98 Å². The number of aromatic nitrogens is 2. The van der Waals surface area contributed by atoms with Crippen LogP contribution < -0.4 is 26.6 Å². The summed E-state index contributed by atoms with van der Waals surface area (Å²) in [5.74, 6) is 0.248. The predicted molar refractivity (Wildman–Crippen MR) is 160 cm³/mol. The number of benzene rings is 3. The number of hydrogen-bond acceptors (Lipinski definition) is 8. The van der Waals surface area contributed by atoms with Gasteiger partial charge in [-0.3, -0.25) is 4.79 Å². The number of anilines is 7. The quantitative estimate of drug-likeness (QED) is 0.226. The lowest BCUT2D eigenvalue weighted by Gasteiger charge is -2.34. The van der Waals surface area contributed by atoms with Gasteiger partial charge in [0.15, 0.2) is 0 Å². The summed E-state index contributed by atoms with van der Waals surface area (Å²) in [4.78, 5) is 27.1. The number of aryl methyl sites for hydroxylation is 1. The number of nitrogens with one attached hydrogen (secondary N) is 3. The standard InChI is InChI=1S/C29H31ClN8O/c1-19-6-5-7-23(30)26(19)35-28(39)22-18-32-29(36-27(22)34-25-9-4-3-8-24(25)31)33-20-10-12-21(13-11-20)38-16-14-37(2)15-17-38/h3-13,18H,14-17,31H2,1-2H3,(H,35,39)(H2,32,33,34,36). The van der Waals surface area contributed by atoms with E-state index >= 15 is 0 Å². The average Bonchev–Trinajstić information content (AvgIpc) is 2.93. The molecule has 1 aliphatic heterocycles. The zero-order valence-corrected chi connectivity index (χ0v) is 22.7. The normalized spacial score (nSPS) is 13.7. The van der Waals surface area contributed by atoms with E-state index in [0.29, 0.717) is 33.9 Å². The average molecular weight is 543 g/mol. The largest absolute Gasteiger partial charge is 0.397 e. The number of nitrogens with zero attached hydrogens (tertiary/aromatic N) is 4. The maximum Gasteiger partial charge on any atom is 0.261 e. The van der Waals surface area contributed by atoms with Gasteiger partial charge in [-0.15, -0.1) is 0 Å². The number of rotatable bonds is 7. The molecule has 0 radical (unpaired) electrons. The number of amides is 1. The number of likely N-dealkylation sites (N-methyl/N-ethyl adjacent to an activating group) is 1. The summed E-state index contributed by atoms with van der Waals surface area (Å²) in [6, 6.07) is 20.9. The Bertz CT molecular complexity index is 1450. The Hall–Kier alpha value is -4.34. The molecule has 0 unspecified atom stereocenters. The van der Waals surface area contributed by atoms with Crippen LogP contribution >= 0.6 is 11.6 Å². The summed E-state index contributed by atoms with van der Waals surface area (Å²) in [5, 5.41) is 9.78. The maximum absolute atomic E-state index is 13.3. The van der Waals surface area contributed by atoms with Gasteiger partial charge in [0.2, 0.25) is 5.95 Å². The molecule has 1 fully saturated rings. The SMILES string of the molecule is Cc1cccc(Cl)c1NC(=O)c1cnc(Nc2ccc(N3CCN(C)CC3)cc2)nc1Nc1ccccc1N. The molecule has 5 rings (SSSR count). The molecule has 0 bridgehead atoms. The van der Waals surface area contributed by atoms with Crippen LogP contribution in [0.15, 0.2) is 72.9 Å². The molecular formula is C29H31ClN8O. The molecule has 39 heavy (non-hydrogen) atoms. The molecule has 4 aromatic rings. The molecule has 0 aliphatic carbocycles. The third-order valence-electron chi connectivity index (χ3n) is 6.70. The number of piperazine rings is 1. The minimum atomic E-state index is -0.397. The third-order valence-corrected chi connectivity index (χ3v) is 7.01. The van der Waals surface area contributed by atoms with Crippen molar-refractivity contribution in [1.82, 2.24) is 14.9 Å². The van der Waals surface area contributed by atoms with E-state index in [1.807, 2.05) is 49.4 Å². The molecule has 1 amide bonds. The van der Waals surface area contributed by atoms with Crippen LogP contribution in [0.4, 0.5) is 40.2 Å². The van der Waals surface area contributed by atoms with Crippen LogP contribution in [-0.4, -0.2) is 54.0 Å². The van der Waals surface area contributed by atoms with Crippen LogP contribution in [0.3, 0.4) is 0 Å². The third kappa shape index (κ3) is 6.22. The summed E-state index contributed by atoms with van der Waals surface area (Å²) < 4.78 is 0. The lowest BCUT2D eigenvalue weighted by molar-refractivity contribution is 0.102. The van der Waals surface area contributed by atoms with E-state index < -0.39 is 5.91 Å². The maximum atomic E-state index is 13.3. The van der Waals surface area contributed by atoms with Crippen molar-refractivity contribution in [2.75, 3.05) is 59.8 Å². The molecule has 1 saturated heterocycles. The number of nitrogen functional groups attached to an aromatic ring is 1. The minimum absolute atomic E-state index is 0.244. The second-order valence-electron chi connectivity index (χ2n) is 9.52. The number of carbonyl (C=O) groups is 1. The van der Waals surface area contributed by atoms with E-state index in [9.17, 15) is 4.79 Å². The molecule has 0 spiro atoms. The van der Waals surface area contributed by atoms with Gasteiger partial charge in [-0.05, 0) is 62.0 Å². The number of para-hydroxylation sites is 3.